The van der Waals surface area contributed by atoms with Crippen molar-refractivity contribution in [2.45, 2.75) is 111 Å². The van der Waals surface area contributed by atoms with Crippen LogP contribution in [-0.4, -0.2) is 87.9 Å². The number of carboxylic acid groups (broad SMARTS) is 3. The molecule has 0 aliphatic carbocycles. The molecule has 0 unspecified atom stereocenters. The Bertz CT molecular complexity index is 981. The Morgan fingerprint density at radius 2 is 0.868 bits per heavy atom. The minimum Gasteiger partial charge on any atom is -0.870 e. The van der Waals surface area contributed by atoms with Gasteiger partial charge in [-0.2, -0.15) is 0 Å². The topological polar surface area (TPSA) is 344 Å². The zero-order chi connectivity index (χ0) is 41.0. The number of ether oxygens (including phenoxy) is 3. The van der Waals surface area contributed by atoms with Gasteiger partial charge in [0.15, 0.2) is 0 Å². The predicted molar refractivity (Wildman–Crippen MR) is 196 cm³/mol. The van der Waals surface area contributed by atoms with Gasteiger partial charge < -0.3 is 73.9 Å². The minimum atomic E-state index is -1.06. The van der Waals surface area contributed by atoms with Crippen LogP contribution in [0.2, 0.25) is 0 Å². The molecule has 3 atom stereocenters. The molecule has 15 N–H and O–H groups in total. The second-order valence-electron chi connectivity index (χ2n) is 13.2. The number of carbonyl (C=O) groups excluding carboxylic acids is 2. The minimum absolute atomic E-state index is 0. The van der Waals surface area contributed by atoms with Crippen LogP contribution in [0.3, 0.4) is 0 Å². The summed E-state index contributed by atoms with van der Waals surface area (Å²) in [5.41, 5.74) is 19.6. The Kier molecular flexibility index (Phi) is 38.4. The van der Waals surface area contributed by atoms with Gasteiger partial charge in [-0.1, -0.05) is 33.6 Å². The van der Waals surface area contributed by atoms with Gasteiger partial charge in [-0.25, -0.2) is 9.59 Å². The van der Waals surface area contributed by atoms with Gasteiger partial charge in [-0.05, 0) is 80.1 Å². The Morgan fingerprint density at radius 3 is 1.08 bits per heavy atom. The fourth-order valence-electron chi connectivity index (χ4n) is 2.87. The number of rotatable bonds is 18. The van der Waals surface area contributed by atoms with E-state index in [4.69, 9.17) is 47.7 Å². The van der Waals surface area contributed by atoms with Gasteiger partial charge in [-0.3, -0.25) is 14.4 Å². The molecule has 0 saturated heterocycles. The first-order valence-electron chi connectivity index (χ1n) is 16.2. The van der Waals surface area contributed by atoms with Crippen molar-refractivity contribution in [1.82, 2.24) is 16.0 Å². The van der Waals surface area contributed by atoms with Gasteiger partial charge in [0.05, 0.1) is 29.3 Å². The molecular formula is C33H66LiN7O12. The van der Waals surface area contributed by atoms with Gasteiger partial charge in [-0.15, -0.1) is 0 Å². The van der Waals surface area contributed by atoms with Gasteiger partial charge in [0, 0.05) is 19.6 Å². The summed E-state index contributed by atoms with van der Waals surface area (Å²) < 4.78 is 13.8. The molecular weight excluding hydrogens is 693 g/mol. The van der Waals surface area contributed by atoms with Crippen LogP contribution in [0.4, 0.5) is 9.59 Å². The summed E-state index contributed by atoms with van der Waals surface area (Å²) in [4.78, 5) is 53.0. The molecule has 0 rings (SSSR count). The number of aliphatic carboxylic acids is 3. The summed E-state index contributed by atoms with van der Waals surface area (Å²) >= 11 is 0. The van der Waals surface area contributed by atoms with E-state index in [2.05, 4.69) is 40.4 Å². The molecule has 0 spiro atoms. The van der Waals surface area contributed by atoms with E-state index in [0.717, 1.165) is 12.8 Å². The van der Waals surface area contributed by atoms with E-state index in [1.807, 2.05) is 0 Å². The molecule has 0 saturated carbocycles. The first kappa shape index (κ1) is 60.8. The summed E-state index contributed by atoms with van der Waals surface area (Å²) in [5, 5.41) is 33.9. The first-order chi connectivity index (χ1) is 23.1. The monoisotopic (exact) mass is 759 g/mol. The normalized spacial score (nSPS) is 11.6. The predicted octanol–water partition coefficient (Wildman–Crippen LogP) is -0.0880. The molecule has 306 valence electrons. The maximum Gasteiger partial charge on any atom is 1.00 e. The first-order valence-corrected chi connectivity index (χ1v) is 16.2. The van der Waals surface area contributed by atoms with Gasteiger partial charge in [0.1, 0.15) is 17.2 Å². The van der Waals surface area contributed by atoms with Crippen molar-refractivity contribution >= 4 is 30.2 Å². The maximum atomic E-state index is 11.0. The van der Waals surface area contributed by atoms with Crippen molar-refractivity contribution in [3.05, 3.63) is 37.2 Å². The summed E-state index contributed by atoms with van der Waals surface area (Å²) in [6, 6.07) is -0.780. The van der Waals surface area contributed by atoms with Crippen molar-refractivity contribution in [2.75, 3.05) is 19.6 Å². The molecule has 0 heterocycles. The second kappa shape index (κ2) is 33.5. The third-order valence-electron chi connectivity index (χ3n) is 5.48. The van der Waals surface area contributed by atoms with E-state index in [-0.39, 0.29) is 36.2 Å². The summed E-state index contributed by atoms with van der Waals surface area (Å²) in [6.07, 6.45) is 1.91. The molecule has 0 aromatic rings. The number of carbonyl (C=O) groups is 5. The van der Waals surface area contributed by atoms with Crippen LogP contribution in [0, 0.1) is 11.8 Å². The van der Waals surface area contributed by atoms with Crippen molar-refractivity contribution in [1.29, 1.82) is 0 Å². The van der Waals surface area contributed by atoms with Gasteiger partial charge >= 0.3 is 49.1 Å². The van der Waals surface area contributed by atoms with Crippen LogP contribution < -0.4 is 57.7 Å². The standard InChI is InChI=1S/C10H18O5.2C8H16N2O2.C7H15N3O2.Li.H2O/c1-9(2,3)14-7(11)13-8(12)15-10(4,5)6;2*1-6(8(11)12)4-3-5-10-7(2)9;1-5(8)10-4-2-3-6(9)7(11)12;;/h1-6H3;2*6,10H,2-5,9H2,1H3,(H,11,12);6,10H,1-4,8-9H2,(H,11,12);;1H2/q;;;;+1;/p-1/t;3*6-;;/m.000../s1. The van der Waals surface area contributed by atoms with E-state index in [1.54, 1.807) is 55.4 Å². The van der Waals surface area contributed by atoms with Crippen LogP contribution >= 0.6 is 0 Å². The van der Waals surface area contributed by atoms with Gasteiger partial charge in [0.25, 0.3) is 0 Å². The molecule has 0 aromatic carbocycles. The van der Waals surface area contributed by atoms with E-state index >= 15 is 0 Å². The largest absolute Gasteiger partial charge is 1.00 e. The Labute approximate surface area is 326 Å². The molecule has 19 nitrogen and oxygen atoms in total. The third-order valence-corrected chi connectivity index (χ3v) is 5.48. The van der Waals surface area contributed by atoms with Crippen LogP contribution in [0.25, 0.3) is 0 Å². The molecule has 0 radical (unpaired) electrons. The summed E-state index contributed by atoms with van der Waals surface area (Å²) in [6.45, 7) is 25.7. The van der Waals surface area contributed by atoms with Crippen molar-refractivity contribution in [2.24, 2.45) is 34.8 Å². The zero-order valence-electron chi connectivity index (χ0n) is 33.1. The van der Waals surface area contributed by atoms with E-state index < -0.39 is 47.5 Å². The van der Waals surface area contributed by atoms with Crippen molar-refractivity contribution in [3.63, 3.8) is 0 Å². The zero-order valence-corrected chi connectivity index (χ0v) is 33.1. The van der Waals surface area contributed by atoms with Crippen molar-refractivity contribution < 1.29 is 77.8 Å². The molecule has 0 aliphatic heterocycles. The molecule has 20 heteroatoms. The molecule has 0 amide bonds. The molecule has 53 heavy (non-hydrogen) atoms. The molecule has 0 fully saturated rings. The van der Waals surface area contributed by atoms with Crippen LogP contribution in [0.1, 0.15) is 93.9 Å². The van der Waals surface area contributed by atoms with Crippen LogP contribution in [0.5, 0.6) is 0 Å². The Hall–Kier alpha value is -4.31. The SMILES string of the molecule is C=C(N)NCCC[C@H](C)C(=O)O.C=C(N)NCCC[C@H](C)C(=O)O.C=C(N)NCCC[C@H](N)C(=O)O.CC(C)(C)OC(=O)OC(=O)OC(C)(C)C.[Li+].[OH-]. The van der Waals surface area contributed by atoms with Crippen LogP contribution in [-0.2, 0) is 28.6 Å². The van der Waals surface area contributed by atoms with Crippen LogP contribution in [0.15, 0.2) is 37.2 Å². The molecule has 0 aromatic heterocycles. The fraction of sp³-hybridized carbons (Fsp3) is 0.667. The maximum absolute atomic E-state index is 11.0. The van der Waals surface area contributed by atoms with E-state index in [1.165, 1.54) is 0 Å². The van der Waals surface area contributed by atoms with E-state index in [0.29, 0.717) is 62.8 Å². The average Bonchev–Trinajstić information content (AvgIpc) is 2.93. The van der Waals surface area contributed by atoms with Gasteiger partial charge in [0.2, 0.25) is 0 Å². The quantitative estimate of drug-likeness (QED) is 0.0378. The number of nitrogens with two attached hydrogens (primary N) is 4. The fourth-order valence-corrected chi connectivity index (χ4v) is 2.87. The number of hydrogen-bond donors (Lipinski definition) is 10. The average molecular weight is 760 g/mol. The smallest absolute Gasteiger partial charge is 0.870 e. The second-order valence-corrected chi connectivity index (χ2v) is 13.2. The number of nitrogens with one attached hydrogen (secondary N) is 3. The number of hydrogen-bond acceptors (Lipinski definition) is 16. The third kappa shape index (κ3) is 54.6. The van der Waals surface area contributed by atoms with E-state index in [9.17, 15) is 24.0 Å². The summed E-state index contributed by atoms with van der Waals surface area (Å²) in [7, 11) is 0. The summed E-state index contributed by atoms with van der Waals surface area (Å²) in [5.74, 6) is -1.78. The number of carboxylic acids is 3. The van der Waals surface area contributed by atoms with Crippen molar-refractivity contribution in [3.8, 4) is 0 Å². The molecule has 0 aliphatic rings. The molecule has 0 bridgehead atoms. The Morgan fingerprint density at radius 1 is 0.604 bits per heavy atom. The Balaban J connectivity index is -0.000000138.